The summed E-state index contributed by atoms with van der Waals surface area (Å²) >= 11 is 0. The SMILES string of the molecule is CC(N)Cc1ccc(OCC2CCCC2)c(C(F)(F)F)c1. The molecule has 5 heteroatoms. The molecular weight excluding hydrogens is 279 g/mol. The number of ether oxygens (including phenoxy) is 1. The molecule has 1 aromatic rings. The van der Waals surface area contributed by atoms with Gasteiger partial charge in [-0.25, -0.2) is 0 Å². The zero-order chi connectivity index (χ0) is 15.5. The Morgan fingerprint density at radius 3 is 2.52 bits per heavy atom. The van der Waals surface area contributed by atoms with Gasteiger partial charge in [-0.15, -0.1) is 0 Å². The first kappa shape index (κ1) is 16.1. The van der Waals surface area contributed by atoms with Crippen molar-refractivity contribution < 1.29 is 17.9 Å². The van der Waals surface area contributed by atoms with Crippen LogP contribution in [-0.4, -0.2) is 12.6 Å². The van der Waals surface area contributed by atoms with Crippen molar-refractivity contribution in [3.05, 3.63) is 29.3 Å². The van der Waals surface area contributed by atoms with Crippen molar-refractivity contribution >= 4 is 0 Å². The van der Waals surface area contributed by atoms with E-state index in [-0.39, 0.29) is 11.8 Å². The van der Waals surface area contributed by atoms with Crippen molar-refractivity contribution in [1.29, 1.82) is 0 Å². The molecule has 1 aromatic carbocycles. The first-order valence-electron chi connectivity index (χ1n) is 7.45. The van der Waals surface area contributed by atoms with E-state index in [4.69, 9.17) is 10.5 Å². The number of halogens is 3. The quantitative estimate of drug-likeness (QED) is 0.886. The summed E-state index contributed by atoms with van der Waals surface area (Å²) in [7, 11) is 0. The predicted octanol–water partition coefficient (Wildman–Crippen LogP) is 4.16. The van der Waals surface area contributed by atoms with Crippen LogP contribution in [0.3, 0.4) is 0 Å². The Hall–Kier alpha value is -1.23. The molecule has 0 saturated heterocycles. The molecule has 1 saturated carbocycles. The summed E-state index contributed by atoms with van der Waals surface area (Å²) in [6.45, 7) is 2.15. The monoisotopic (exact) mass is 301 g/mol. The molecule has 0 spiro atoms. The Morgan fingerprint density at radius 1 is 1.29 bits per heavy atom. The van der Waals surface area contributed by atoms with Gasteiger partial charge in [0, 0.05) is 6.04 Å². The molecule has 0 radical (unpaired) electrons. The average Bonchev–Trinajstić information content (AvgIpc) is 2.88. The van der Waals surface area contributed by atoms with Gasteiger partial charge in [-0.2, -0.15) is 13.2 Å². The highest BCUT2D eigenvalue weighted by atomic mass is 19.4. The lowest BCUT2D eigenvalue weighted by Crippen LogP contribution is -2.19. The molecule has 0 aromatic heterocycles. The molecule has 1 unspecified atom stereocenters. The minimum absolute atomic E-state index is 0.0668. The van der Waals surface area contributed by atoms with Crippen LogP contribution in [0.4, 0.5) is 13.2 Å². The van der Waals surface area contributed by atoms with Gasteiger partial charge in [0.25, 0.3) is 0 Å². The molecule has 0 amide bonds. The first-order chi connectivity index (χ1) is 9.86. The molecule has 1 aliphatic carbocycles. The van der Waals surface area contributed by atoms with Gasteiger partial charge in [0.05, 0.1) is 12.2 Å². The summed E-state index contributed by atoms with van der Waals surface area (Å²) in [6, 6.07) is 4.09. The number of alkyl halides is 3. The second kappa shape index (κ2) is 6.69. The summed E-state index contributed by atoms with van der Waals surface area (Å²) in [5.41, 5.74) is 5.54. The summed E-state index contributed by atoms with van der Waals surface area (Å²) in [6.07, 6.45) is 0.403. The van der Waals surface area contributed by atoms with Gasteiger partial charge in [0.1, 0.15) is 5.75 Å². The van der Waals surface area contributed by atoms with Crippen molar-refractivity contribution in [1.82, 2.24) is 0 Å². The van der Waals surface area contributed by atoms with E-state index in [9.17, 15) is 13.2 Å². The maximum Gasteiger partial charge on any atom is 0.419 e. The van der Waals surface area contributed by atoms with Crippen molar-refractivity contribution in [2.24, 2.45) is 11.7 Å². The van der Waals surface area contributed by atoms with E-state index < -0.39 is 11.7 Å². The van der Waals surface area contributed by atoms with Crippen LogP contribution in [0.25, 0.3) is 0 Å². The fourth-order valence-corrected chi connectivity index (χ4v) is 2.81. The highest BCUT2D eigenvalue weighted by molar-refractivity contribution is 5.39. The molecule has 0 bridgehead atoms. The van der Waals surface area contributed by atoms with E-state index in [0.717, 1.165) is 31.7 Å². The summed E-state index contributed by atoms with van der Waals surface area (Å²) in [4.78, 5) is 0. The zero-order valence-corrected chi connectivity index (χ0v) is 12.2. The molecule has 1 fully saturated rings. The van der Waals surface area contributed by atoms with E-state index in [0.29, 0.717) is 24.5 Å². The largest absolute Gasteiger partial charge is 0.493 e. The second-order valence-electron chi connectivity index (χ2n) is 5.97. The van der Waals surface area contributed by atoms with Gasteiger partial charge >= 0.3 is 6.18 Å². The van der Waals surface area contributed by atoms with Crippen LogP contribution in [0.1, 0.15) is 43.7 Å². The number of benzene rings is 1. The smallest absolute Gasteiger partial charge is 0.419 e. The van der Waals surface area contributed by atoms with Crippen LogP contribution in [-0.2, 0) is 12.6 Å². The van der Waals surface area contributed by atoms with E-state index in [2.05, 4.69) is 0 Å². The Kier molecular flexibility index (Phi) is 5.14. The third-order valence-electron chi connectivity index (χ3n) is 3.86. The molecule has 2 nitrogen and oxygen atoms in total. The average molecular weight is 301 g/mol. The Bertz CT molecular complexity index is 465. The normalized spacial score (nSPS) is 18.0. The Morgan fingerprint density at radius 2 is 1.95 bits per heavy atom. The van der Waals surface area contributed by atoms with Crippen molar-refractivity contribution in [3.8, 4) is 5.75 Å². The topological polar surface area (TPSA) is 35.2 Å². The molecule has 2 rings (SSSR count). The van der Waals surface area contributed by atoms with Crippen molar-refractivity contribution in [2.45, 2.75) is 51.2 Å². The second-order valence-corrected chi connectivity index (χ2v) is 5.97. The standard InChI is InChI=1S/C16H22F3NO/c1-11(20)8-13-6-7-15(14(9-13)16(17,18)19)21-10-12-4-2-3-5-12/h6-7,9,11-12H,2-5,8,10,20H2,1H3. The Labute approximate surface area is 123 Å². The minimum Gasteiger partial charge on any atom is -0.493 e. The lowest BCUT2D eigenvalue weighted by Gasteiger charge is -2.18. The van der Waals surface area contributed by atoms with Crippen LogP contribution >= 0.6 is 0 Å². The van der Waals surface area contributed by atoms with Gasteiger partial charge in [-0.3, -0.25) is 0 Å². The van der Waals surface area contributed by atoms with Gasteiger partial charge in [-0.1, -0.05) is 18.9 Å². The molecule has 1 aliphatic rings. The number of rotatable bonds is 5. The van der Waals surface area contributed by atoms with Gasteiger partial charge in [-0.05, 0) is 49.8 Å². The highest BCUT2D eigenvalue weighted by Crippen LogP contribution is 2.37. The highest BCUT2D eigenvalue weighted by Gasteiger charge is 2.35. The molecule has 2 N–H and O–H groups in total. The lowest BCUT2D eigenvalue weighted by atomic mass is 10.0. The maximum atomic E-state index is 13.2. The molecular formula is C16H22F3NO. The fourth-order valence-electron chi connectivity index (χ4n) is 2.81. The summed E-state index contributed by atoms with van der Waals surface area (Å²) < 4.78 is 44.9. The molecule has 21 heavy (non-hydrogen) atoms. The number of nitrogens with two attached hydrogens (primary N) is 1. The number of hydrogen-bond donors (Lipinski definition) is 1. The zero-order valence-electron chi connectivity index (χ0n) is 12.2. The van der Waals surface area contributed by atoms with Crippen LogP contribution in [0.5, 0.6) is 5.75 Å². The lowest BCUT2D eigenvalue weighted by molar-refractivity contribution is -0.139. The predicted molar refractivity (Wildman–Crippen MR) is 76.3 cm³/mol. The minimum atomic E-state index is -4.40. The van der Waals surface area contributed by atoms with Gasteiger partial charge in [0.2, 0.25) is 0 Å². The van der Waals surface area contributed by atoms with Crippen molar-refractivity contribution in [3.63, 3.8) is 0 Å². The third-order valence-corrected chi connectivity index (χ3v) is 3.86. The molecule has 0 aliphatic heterocycles. The van der Waals surface area contributed by atoms with Crippen LogP contribution in [0.2, 0.25) is 0 Å². The van der Waals surface area contributed by atoms with E-state index >= 15 is 0 Å². The summed E-state index contributed by atoms with van der Waals surface area (Å²) in [5, 5.41) is 0. The third kappa shape index (κ3) is 4.63. The first-order valence-corrected chi connectivity index (χ1v) is 7.45. The van der Waals surface area contributed by atoms with Gasteiger partial charge in [0.15, 0.2) is 0 Å². The molecule has 118 valence electrons. The summed E-state index contributed by atoms with van der Waals surface area (Å²) in [5.74, 6) is 0.317. The van der Waals surface area contributed by atoms with E-state index in [1.165, 1.54) is 6.07 Å². The van der Waals surface area contributed by atoms with E-state index in [1.807, 2.05) is 0 Å². The fraction of sp³-hybridized carbons (Fsp3) is 0.625. The molecule has 1 atom stereocenters. The Balaban J connectivity index is 2.14. The van der Waals surface area contributed by atoms with Crippen LogP contribution in [0.15, 0.2) is 18.2 Å². The van der Waals surface area contributed by atoms with Crippen LogP contribution < -0.4 is 10.5 Å². The number of hydrogen-bond acceptors (Lipinski definition) is 2. The van der Waals surface area contributed by atoms with Crippen molar-refractivity contribution in [2.75, 3.05) is 6.61 Å². The molecule has 0 heterocycles. The van der Waals surface area contributed by atoms with Gasteiger partial charge < -0.3 is 10.5 Å². The van der Waals surface area contributed by atoms with Crippen LogP contribution in [0, 0.1) is 5.92 Å². The maximum absolute atomic E-state index is 13.2. The van der Waals surface area contributed by atoms with E-state index in [1.54, 1.807) is 13.0 Å².